The number of nitrogens with one attached hydrogen (secondary N) is 2. The molecular weight excluding hydrogens is 650 g/mol. The molecule has 4 heterocycles. The summed E-state index contributed by atoms with van der Waals surface area (Å²) in [4.78, 5) is 55.7. The average molecular weight is 696 g/mol. The van der Waals surface area contributed by atoms with Crippen LogP contribution in [0.3, 0.4) is 0 Å². The molecule has 0 radical (unpaired) electrons. The zero-order valence-corrected chi connectivity index (χ0v) is 29.9. The van der Waals surface area contributed by atoms with Crippen molar-refractivity contribution in [1.29, 1.82) is 0 Å². The summed E-state index contributed by atoms with van der Waals surface area (Å²) in [5, 5.41) is 15.6. The van der Waals surface area contributed by atoms with Crippen molar-refractivity contribution in [2.75, 3.05) is 63.4 Å². The van der Waals surface area contributed by atoms with Gasteiger partial charge in [-0.15, -0.1) is 0 Å². The molecule has 2 aromatic carbocycles. The summed E-state index contributed by atoms with van der Waals surface area (Å²) >= 11 is 0. The molecule has 0 unspecified atom stereocenters. The Labute approximate surface area is 298 Å². The van der Waals surface area contributed by atoms with Gasteiger partial charge in [-0.2, -0.15) is 0 Å². The quantitative estimate of drug-likeness (QED) is 0.333. The minimum Gasteiger partial charge on any atom is -0.496 e. The molecule has 2 saturated heterocycles. The number of anilines is 2. The van der Waals surface area contributed by atoms with Gasteiger partial charge in [0.25, 0.3) is 5.91 Å². The van der Waals surface area contributed by atoms with E-state index in [4.69, 9.17) is 9.47 Å². The van der Waals surface area contributed by atoms with Gasteiger partial charge in [0.2, 0.25) is 0 Å². The zero-order valence-electron chi connectivity index (χ0n) is 29.9. The number of dihydropyridines is 1. The first-order chi connectivity index (χ1) is 24.6. The highest BCUT2D eigenvalue weighted by atomic mass is 16.5. The van der Waals surface area contributed by atoms with Crippen molar-refractivity contribution in [3.05, 3.63) is 81.5 Å². The highest BCUT2D eigenvalue weighted by molar-refractivity contribution is 5.99. The predicted molar refractivity (Wildman–Crippen MR) is 194 cm³/mol. The normalized spacial score (nSPS) is 18.5. The summed E-state index contributed by atoms with van der Waals surface area (Å²) in [7, 11) is 3.37. The number of nitrogens with zero attached hydrogens (tertiary/aromatic N) is 3. The number of piperidine rings is 1. The molecule has 12 heteroatoms. The van der Waals surface area contributed by atoms with E-state index in [1.54, 1.807) is 6.08 Å². The van der Waals surface area contributed by atoms with Gasteiger partial charge in [-0.05, 0) is 93.0 Å². The maximum Gasteiger partial charge on any atom is 0.407 e. The first-order valence-electron chi connectivity index (χ1n) is 17.4. The van der Waals surface area contributed by atoms with Gasteiger partial charge in [0, 0.05) is 80.7 Å². The fourth-order valence-corrected chi connectivity index (χ4v) is 8.16. The van der Waals surface area contributed by atoms with Crippen molar-refractivity contribution in [3.63, 3.8) is 0 Å². The lowest BCUT2D eigenvalue weighted by Crippen LogP contribution is -2.45. The van der Waals surface area contributed by atoms with Crippen LogP contribution >= 0.6 is 0 Å². The molecule has 1 spiro atoms. The predicted octanol–water partition coefficient (Wildman–Crippen LogP) is 4.70. The summed E-state index contributed by atoms with van der Waals surface area (Å²) in [5.41, 5.74) is 7.18. The van der Waals surface area contributed by atoms with E-state index in [1.807, 2.05) is 56.0 Å². The number of amides is 2. The van der Waals surface area contributed by atoms with E-state index in [1.165, 1.54) is 12.0 Å². The topological polar surface area (TPSA) is 141 Å². The van der Waals surface area contributed by atoms with Crippen LogP contribution in [0, 0.1) is 6.92 Å². The van der Waals surface area contributed by atoms with Crippen molar-refractivity contribution in [3.8, 4) is 11.1 Å². The van der Waals surface area contributed by atoms with Gasteiger partial charge in [-0.1, -0.05) is 12.1 Å². The molecular formula is C39H45N5O7. The van der Waals surface area contributed by atoms with E-state index < -0.39 is 11.5 Å². The van der Waals surface area contributed by atoms with Crippen molar-refractivity contribution in [2.45, 2.75) is 57.9 Å². The van der Waals surface area contributed by atoms with E-state index >= 15 is 0 Å². The van der Waals surface area contributed by atoms with E-state index in [2.05, 4.69) is 34.5 Å². The second-order valence-corrected chi connectivity index (χ2v) is 13.5. The van der Waals surface area contributed by atoms with Crippen molar-refractivity contribution in [1.82, 2.24) is 15.5 Å². The van der Waals surface area contributed by atoms with E-state index in [0.717, 1.165) is 58.7 Å². The summed E-state index contributed by atoms with van der Waals surface area (Å²) in [6.45, 7) is 8.68. The third-order valence-corrected chi connectivity index (χ3v) is 10.9. The Balaban J connectivity index is 1.41. The van der Waals surface area contributed by atoms with Crippen molar-refractivity contribution < 1.29 is 33.8 Å². The van der Waals surface area contributed by atoms with Crippen LogP contribution < -0.4 is 20.4 Å². The number of benzene rings is 2. The Hall–Kier alpha value is -5.28. The van der Waals surface area contributed by atoms with E-state index in [9.17, 15) is 24.3 Å². The van der Waals surface area contributed by atoms with Crippen LogP contribution in [0.25, 0.3) is 11.1 Å². The van der Waals surface area contributed by atoms with E-state index in [0.29, 0.717) is 61.7 Å². The number of carboxylic acid groups (broad SMARTS) is 1. The second-order valence-electron chi connectivity index (χ2n) is 13.5. The molecule has 268 valence electrons. The maximum absolute atomic E-state index is 14.1. The summed E-state index contributed by atoms with van der Waals surface area (Å²) < 4.78 is 11.2. The summed E-state index contributed by atoms with van der Waals surface area (Å²) in [6.07, 6.45) is 3.54. The zero-order chi connectivity index (χ0) is 36.4. The number of likely N-dealkylation sites (N-methyl/N-ethyl adjacent to an activating group) is 1. The second kappa shape index (κ2) is 14.5. The Morgan fingerprint density at radius 3 is 2.45 bits per heavy atom. The van der Waals surface area contributed by atoms with Crippen LogP contribution in [0.5, 0.6) is 0 Å². The average Bonchev–Trinajstić information content (AvgIpc) is 3.37. The Morgan fingerprint density at radius 1 is 1.10 bits per heavy atom. The highest BCUT2D eigenvalue weighted by Crippen LogP contribution is 2.53. The fourth-order valence-electron chi connectivity index (χ4n) is 8.16. The number of methoxy groups -OCH3 is 1. The van der Waals surface area contributed by atoms with Crippen LogP contribution in [0.4, 0.5) is 16.2 Å². The number of likely N-dealkylation sites (tertiary alicyclic amines) is 1. The van der Waals surface area contributed by atoms with Gasteiger partial charge in [-0.25, -0.2) is 14.4 Å². The molecule has 3 N–H and O–H groups in total. The molecule has 0 atom stereocenters. The minimum absolute atomic E-state index is 0.0473. The first kappa shape index (κ1) is 35.5. The molecule has 6 rings (SSSR count). The number of allylic oxidation sites excluding steroid dienone is 3. The smallest absolute Gasteiger partial charge is 0.407 e. The number of hydrogen-bond acceptors (Lipinski definition) is 9. The first-order valence-corrected chi connectivity index (χ1v) is 17.4. The SMILES string of the molecule is CCN(c1cc(-c2ccc3c(c2)N(C)C(=C=O)C32CCN(C(=O)O)CC2)cc(C(=O)NCC2=C(OC)C=C(C)NC2=C=O)c1C)C1CCOCC1. The molecule has 4 aliphatic rings. The lowest BCUT2D eigenvalue weighted by atomic mass is 9.72. The largest absolute Gasteiger partial charge is 0.496 e. The van der Waals surface area contributed by atoms with Gasteiger partial charge in [0.1, 0.15) is 23.1 Å². The molecule has 4 aliphatic heterocycles. The Morgan fingerprint density at radius 2 is 1.82 bits per heavy atom. The van der Waals surface area contributed by atoms with Gasteiger partial charge in [-0.3, -0.25) is 4.79 Å². The van der Waals surface area contributed by atoms with Crippen LogP contribution in [0.15, 0.2) is 64.8 Å². The lowest BCUT2D eigenvalue weighted by molar-refractivity contribution is 0.0846. The Bertz CT molecular complexity index is 1910. The standard InChI is InChI=1S/C39H45N5O7/c1-6-44(28-9-15-51-16-10-28)33-20-27(18-29(25(33)3)37(47)40-21-30-32(22-45)41-24(2)17-35(30)50-5)26-7-8-31-34(19-26)42(4)36(23-46)39(31)11-13-43(14-12-39)38(48)49/h7-8,17-20,28,41H,6,9-16,21H2,1-5H3,(H,40,47)(H,48,49). The molecule has 2 amide bonds. The summed E-state index contributed by atoms with van der Waals surface area (Å²) in [6, 6.07) is 10.4. The maximum atomic E-state index is 14.1. The molecule has 0 aromatic heterocycles. The number of carbonyl (C=O) groups is 2. The van der Waals surface area contributed by atoms with Crippen molar-refractivity contribution >= 4 is 35.3 Å². The highest BCUT2D eigenvalue weighted by Gasteiger charge is 2.49. The van der Waals surface area contributed by atoms with Crippen LogP contribution in [0.1, 0.15) is 61.0 Å². The molecule has 0 saturated carbocycles. The van der Waals surface area contributed by atoms with Crippen LogP contribution in [0.2, 0.25) is 0 Å². The van der Waals surface area contributed by atoms with Crippen LogP contribution in [-0.2, 0) is 24.5 Å². The number of hydrogen-bond donors (Lipinski definition) is 3. The number of ether oxygens (including phenoxy) is 2. The van der Waals surface area contributed by atoms with Crippen LogP contribution in [-0.4, -0.2) is 93.5 Å². The van der Waals surface area contributed by atoms with Gasteiger partial charge < -0.3 is 39.9 Å². The molecule has 2 aromatic rings. The molecule has 51 heavy (non-hydrogen) atoms. The molecule has 0 aliphatic carbocycles. The number of fused-ring (bicyclic) bond motifs is 2. The third-order valence-electron chi connectivity index (χ3n) is 10.9. The van der Waals surface area contributed by atoms with Crippen molar-refractivity contribution in [2.24, 2.45) is 0 Å². The summed E-state index contributed by atoms with van der Waals surface area (Å²) in [5.74, 6) is 4.30. The molecule has 12 nitrogen and oxygen atoms in total. The number of rotatable bonds is 8. The Kier molecular flexibility index (Phi) is 10.1. The molecule has 2 fully saturated rings. The molecule has 0 bridgehead atoms. The minimum atomic E-state index is -0.959. The fraction of sp³-hybridized carbons (Fsp3) is 0.436. The monoisotopic (exact) mass is 695 g/mol. The lowest BCUT2D eigenvalue weighted by Gasteiger charge is -2.38. The third kappa shape index (κ3) is 6.42. The van der Waals surface area contributed by atoms with E-state index in [-0.39, 0.29) is 24.2 Å². The van der Waals surface area contributed by atoms with Gasteiger partial charge >= 0.3 is 6.09 Å². The van der Waals surface area contributed by atoms with Gasteiger partial charge in [0.15, 0.2) is 5.94 Å². The van der Waals surface area contributed by atoms with Gasteiger partial charge in [0.05, 0.1) is 12.5 Å². The number of carbonyl (C=O) groups excluding carboxylic acids is 3.